The number of carbonyl (C=O) groups is 1. The molecule has 0 aliphatic heterocycles. The van der Waals surface area contributed by atoms with Gasteiger partial charge in [-0.1, -0.05) is 57.6 Å². The molecule has 0 unspecified atom stereocenters. The van der Waals surface area contributed by atoms with E-state index in [9.17, 15) is 4.79 Å². The second-order valence-corrected chi connectivity index (χ2v) is 6.91. The van der Waals surface area contributed by atoms with Gasteiger partial charge in [-0.25, -0.2) is 0 Å². The number of ether oxygens (including phenoxy) is 4. The van der Waals surface area contributed by atoms with Crippen LogP contribution in [0.4, 0.5) is 0 Å². The number of rotatable bonds is 18. The zero-order valence-electron chi connectivity index (χ0n) is 17.8. The van der Waals surface area contributed by atoms with Gasteiger partial charge in [-0.3, -0.25) is 4.79 Å². The van der Waals surface area contributed by atoms with Gasteiger partial charge in [-0.05, 0) is 30.5 Å². The minimum atomic E-state index is -0.261. The van der Waals surface area contributed by atoms with Gasteiger partial charge in [0, 0.05) is 0 Å². The molecule has 0 N–H and O–H groups in total. The molecule has 0 aliphatic carbocycles. The maximum absolute atomic E-state index is 10.9. The maximum atomic E-state index is 10.9. The molecular weight excluding hydrogens is 356 g/mol. The highest BCUT2D eigenvalue weighted by molar-refractivity contribution is 5.69. The molecular formula is C23H38O5. The van der Waals surface area contributed by atoms with Crippen LogP contribution in [0.25, 0.3) is 0 Å². The van der Waals surface area contributed by atoms with Crippen molar-refractivity contribution in [3.8, 4) is 5.75 Å². The van der Waals surface area contributed by atoms with Crippen LogP contribution in [0.1, 0.15) is 63.9 Å². The Morgan fingerprint density at radius 3 is 2.07 bits per heavy atom. The molecule has 0 heterocycles. The van der Waals surface area contributed by atoms with Crippen molar-refractivity contribution in [3.63, 3.8) is 0 Å². The van der Waals surface area contributed by atoms with Crippen LogP contribution in [0.5, 0.6) is 5.75 Å². The molecule has 0 amide bonds. The Kier molecular flexibility index (Phi) is 15.3. The summed E-state index contributed by atoms with van der Waals surface area (Å²) in [4.78, 5) is 10.9. The van der Waals surface area contributed by atoms with Crippen LogP contribution in [0, 0.1) is 0 Å². The van der Waals surface area contributed by atoms with E-state index in [2.05, 4.69) is 23.8 Å². The maximum Gasteiger partial charge on any atom is 0.307 e. The number of benzene rings is 1. The summed E-state index contributed by atoms with van der Waals surface area (Å²) in [7, 11) is 1.37. The second-order valence-electron chi connectivity index (χ2n) is 6.91. The highest BCUT2D eigenvalue weighted by atomic mass is 16.5. The number of carbonyl (C=O) groups excluding carboxylic acids is 1. The van der Waals surface area contributed by atoms with Gasteiger partial charge in [0.05, 0.1) is 40.0 Å². The van der Waals surface area contributed by atoms with Crippen molar-refractivity contribution in [2.75, 3.05) is 40.1 Å². The number of hydrogen-bond acceptors (Lipinski definition) is 5. The fourth-order valence-electron chi connectivity index (χ4n) is 2.84. The first-order valence-electron chi connectivity index (χ1n) is 10.7. The molecule has 1 aromatic rings. The van der Waals surface area contributed by atoms with Crippen molar-refractivity contribution in [2.24, 2.45) is 0 Å². The van der Waals surface area contributed by atoms with Crippen LogP contribution in [0.3, 0.4) is 0 Å². The Hall–Kier alpha value is -1.59. The average Bonchev–Trinajstić information content (AvgIpc) is 2.72. The van der Waals surface area contributed by atoms with Crippen LogP contribution in [-0.2, 0) is 25.4 Å². The molecule has 0 aliphatic rings. The Labute approximate surface area is 170 Å². The lowest BCUT2D eigenvalue weighted by atomic mass is 10.0. The van der Waals surface area contributed by atoms with Gasteiger partial charge in [0.2, 0.25) is 0 Å². The zero-order chi connectivity index (χ0) is 20.3. The zero-order valence-corrected chi connectivity index (χ0v) is 17.8. The monoisotopic (exact) mass is 394 g/mol. The van der Waals surface area contributed by atoms with Gasteiger partial charge in [0.1, 0.15) is 12.4 Å². The second kappa shape index (κ2) is 17.5. The average molecular weight is 395 g/mol. The van der Waals surface area contributed by atoms with E-state index < -0.39 is 0 Å². The normalized spacial score (nSPS) is 10.8. The molecule has 1 rings (SSSR count). The van der Waals surface area contributed by atoms with Gasteiger partial charge in [0.15, 0.2) is 0 Å². The summed E-state index contributed by atoms with van der Waals surface area (Å²) >= 11 is 0. The quantitative estimate of drug-likeness (QED) is 0.260. The van der Waals surface area contributed by atoms with Crippen LogP contribution in [0.2, 0.25) is 0 Å². The van der Waals surface area contributed by atoms with Crippen LogP contribution in [0.15, 0.2) is 24.3 Å². The minimum Gasteiger partial charge on any atom is -0.491 e. The highest BCUT2D eigenvalue weighted by Crippen LogP contribution is 2.15. The van der Waals surface area contributed by atoms with E-state index in [-0.39, 0.29) is 12.4 Å². The van der Waals surface area contributed by atoms with Gasteiger partial charge < -0.3 is 18.9 Å². The number of hydrogen-bond donors (Lipinski definition) is 0. The Balaban J connectivity index is 1.96. The van der Waals surface area contributed by atoms with Crippen molar-refractivity contribution >= 4 is 5.97 Å². The van der Waals surface area contributed by atoms with Crippen molar-refractivity contribution in [1.82, 2.24) is 0 Å². The van der Waals surface area contributed by atoms with E-state index in [1.54, 1.807) is 0 Å². The smallest absolute Gasteiger partial charge is 0.307 e. The molecule has 1 aromatic carbocycles. The van der Waals surface area contributed by atoms with Crippen molar-refractivity contribution < 1.29 is 23.7 Å². The van der Waals surface area contributed by atoms with E-state index in [1.165, 1.54) is 57.6 Å². The predicted octanol–water partition coefficient (Wildman–Crippen LogP) is 4.95. The first-order chi connectivity index (χ1) is 13.8. The molecule has 0 bridgehead atoms. The largest absolute Gasteiger partial charge is 0.491 e. The molecule has 0 radical (unpaired) electrons. The lowest BCUT2D eigenvalue weighted by Crippen LogP contribution is -2.12. The van der Waals surface area contributed by atoms with Gasteiger partial charge in [0.25, 0.3) is 0 Å². The van der Waals surface area contributed by atoms with Crippen LogP contribution < -0.4 is 4.74 Å². The third-order valence-corrected chi connectivity index (χ3v) is 4.54. The lowest BCUT2D eigenvalue weighted by Gasteiger charge is -2.08. The third-order valence-electron chi connectivity index (χ3n) is 4.54. The first-order valence-corrected chi connectivity index (χ1v) is 10.7. The molecule has 0 aromatic heterocycles. The number of methoxy groups -OCH3 is 1. The molecule has 5 heteroatoms. The SMILES string of the molecule is CCCCCCCCCc1ccc(OCCOCCOCCC(=O)OC)cc1. The topological polar surface area (TPSA) is 54.0 Å². The number of esters is 1. The van der Waals surface area contributed by atoms with Gasteiger partial charge in [-0.15, -0.1) is 0 Å². The van der Waals surface area contributed by atoms with E-state index in [0.29, 0.717) is 33.0 Å². The summed E-state index contributed by atoms with van der Waals surface area (Å²) in [5, 5.41) is 0. The molecule has 0 atom stereocenters. The predicted molar refractivity (Wildman–Crippen MR) is 112 cm³/mol. The summed E-state index contributed by atoms with van der Waals surface area (Å²) in [6.45, 7) is 4.59. The fraction of sp³-hybridized carbons (Fsp3) is 0.696. The molecule has 160 valence electrons. The van der Waals surface area contributed by atoms with Gasteiger partial charge >= 0.3 is 5.97 Å². The summed E-state index contributed by atoms with van der Waals surface area (Å²) in [6.07, 6.45) is 10.8. The lowest BCUT2D eigenvalue weighted by molar-refractivity contribution is -0.141. The Morgan fingerprint density at radius 1 is 0.786 bits per heavy atom. The van der Waals surface area contributed by atoms with Crippen LogP contribution >= 0.6 is 0 Å². The molecule has 5 nitrogen and oxygen atoms in total. The van der Waals surface area contributed by atoms with E-state index >= 15 is 0 Å². The van der Waals surface area contributed by atoms with Crippen molar-refractivity contribution in [1.29, 1.82) is 0 Å². The van der Waals surface area contributed by atoms with Crippen molar-refractivity contribution in [3.05, 3.63) is 29.8 Å². The molecule has 0 saturated carbocycles. The molecule has 0 fully saturated rings. The summed E-state index contributed by atoms with van der Waals surface area (Å²) < 4.78 is 21.0. The summed E-state index contributed by atoms with van der Waals surface area (Å²) in [6, 6.07) is 8.38. The molecule has 0 spiro atoms. The molecule has 0 saturated heterocycles. The third kappa shape index (κ3) is 13.6. The Morgan fingerprint density at radius 2 is 1.39 bits per heavy atom. The number of aryl methyl sites for hydroxylation is 1. The first kappa shape index (κ1) is 24.4. The van der Waals surface area contributed by atoms with E-state index in [0.717, 1.165) is 12.2 Å². The standard InChI is InChI=1S/C23H38O5/c1-3-4-5-6-7-8-9-10-21-11-13-22(14-12-21)28-20-19-27-18-17-26-16-15-23(24)25-2/h11-14H,3-10,15-20H2,1-2H3. The summed E-state index contributed by atoms with van der Waals surface area (Å²) in [5.74, 6) is 0.615. The fourth-order valence-corrected chi connectivity index (χ4v) is 2.84. The van der Waals surface area contributed by atoms with Crippen molar-refractivity contribution in [2.45, 2.75) is 64.7 Å². The van der Waals surface area contributed by atoms with Crippen LogP contribution in [-0.4, -0.2) is 46.1 Å². The van der Waals surface area contributed by atoms with Gasteiger partial charge in [-0.2, -0.15) is 0 Å². The Bertz CT molecular complexity index is 486. The highest BCUT2D eigenvalue weighted by Gasteiger charge is 2.00. The van der Waals surface area contributed by atoms with E-state index in [1.807, 2.05) is 12.1 Å². The summed E-state index contributed by atoms with van der Waals surface area (Å²) in [5.41, 5.74) is 1.38. The van der Waals surface area contributed by atoms with E-state index in [4.69, 9.17) is 14.2 Å². The molecule has 28 heavy (non-hydrogen) atoms. The minimum absolute atomic E-state index is 0.261. The number of unbranched alkanes of at least 4 members (excludes halogenated alkanes) is 6.